The highest BCUT2D eigenvalue weighted by Gasteiger charge is 2.28. The minimum atomic E-state index is 0.756. The smallest absolute Gasteiger partial charge is 0.0133 e. The molecule has 1 fully saturated rings. The maximum absolute atomic E-state index is 5.78. The zero-order valence-electron chi connectivity index (χ0n) is 9.54. The normalized spacial score (nSPS) is 27.4. The molecule has 2 nitrogen and oxygen atoms in total. The van der Waals surface area contributed by atoms with E-state index in [0.29, 0.717) is 0 Å². The van der Waals surface area contributed by atoms with E-state index in [1.165, 1.54) is 37.3 Å². The van der Waals surface area contributed by atoms with Crippen LogP contribution >= 0.6 is 11.8 Å². The van der Waals surface area contributed by atoms with Crippen molar-refractivity contribution >= 4 is 11.8 Å². The standard InChI is InChI=1S/C11H24N2S/c1-3-14-8-7-13(2)11-6-4-5-10(11)9-12/h10-11H,3-9,12H2,1-2H3. The van der Waals surface area contributed by atoms with Gasteiger partial charge in [-0.3, -0.25) is 0 Å². The number of hydrogen-bond donors (Lipinski definition) is 1. The summed E-state index contributed by atoms with van der Waals surface area (Å²) >= 11 is 2.03. The van der Waals surface area contributed by atoms with Crippen molar-refractivity contribution in [2.75, 3.05) is 31.6 Å². The summed E-state index contributed by atoms with van der Waals surface area (Å²) in [6.07, 6.45) is 4.07. The van der Waals surface area contributed by atoms with E-state index in [0.717, 1.165) is 18.5 Å². The lowest BCUT2D eigenvalue weighted by molar-refractivity contribution is 0.211. The number of nitrogens with zero attached hydrogens (tertiary/aromatic N) is 1. The molecule has 0 spiro atoms. The molecule has 3 heteroatoms. The molecule has 84 valence electrons. The first-order valence-electron chi connectivity index (χ1n) is 5.77. The third-order valence-electron chi connectivity index (χ3n) is 3.28. The molecule has 2 unspecified atom stereocenters. The lowest BCUT2D eigenvalue weighted by Gasteiger charge is -2.28. The van der Waals surface area contributed by atoms with Gasteiger partial charge in [0.25, 0.3) is 0 Å². The summed E-state index contributed by atoms with van der Waals surface area (Å²) < 4.78 is 0. The van der Waals surface area contributed by atoms with E-state index in [-0.39, 0.29) is 0 Å². The Morgan fingerprint density at radius 2 is 2.21 bits per heavy atom. The van der Waals surface area contributed by atoms with Gasteiger partial charge >= 0.3 is 0 Å². The lowest BCUT2D eigenvalue weighted by atomic mass is 10.0. The van der Waals surface area contributed by atoms with Gasteiger partial charge in [-0.25, -0.2) is 0 Å². The van der Waals surface area contributed by atoms with Crippen molar-refractivity contribution in [3.05, 3.63) is 0 Å². The molecular weight excluding hydrogens is 192 g/mol. The van der Waals surface area contributed by atoms with E-state index < -0.39 is 0 Å². The van der Waals surface area contributed by atoms with Crippen molar-refractivity contribution in [3.63, 3.8) is 0 Å². The average molecular weight is 216 g/mol. The van der Waals surface area contributed by atoms with Crippen LogP contribution in [0, 0.1) is 5.92 Å². The van der Waals surface area contributed by atoms with Crippen molar-refractivity contribution in [2.24, 2.45) is 11.7 Å². The largest absolute Gasteiger partial charge is 0.330 e. The van der Waals surface area contributed by atoms with Gasteiger partial charge in [0.05, 0.1) is 0 Å². The molecule has 0 heterocycles. The van der Waals surface area contributed by atoms with Crippen LogP contribution in [0.25, 0.3) is 0 Å². The molecule has 0 radical (unpaired) electrons. The summed E-state index contributed by atoms with van der Waals surface area (Å²) in [6.45, 7) is 4.32. The Kier molecular flexibility index (Phi) is 5.90. The van der Waals surface area contributed by atoms with Crippen LogP contribution in [0.3, 0.4) is 0 Å². The number of thioether (sulfide) groups is 1. The third-order valence-corrected chi connectivity index (χ3v) is 4.16. The molecule has 1 rings (SSSR count). The average Bonchev–Trinajstić information content (AvgIpc) is 2.65. The van der Waals surface area contributed by atoms with Crippen molar-refractivity contribution in [3.8, 4) is 0 Å². The van der Waals surface area contributed by atoms with Gasteiger partial charge in [-0.05, 0) is 38.1 Å². The molecule has 0 saturated heterocycles. The molecule has 0 aromatic carbocycles. The van der Waals surface area contributed by atoms with Gasteiger partial charge in [-0.1, -0.05) is 13.3 Å². The van der Waals surface area contributed by atoms with Gasteiger partial charge in [0.15, 0.2) is 0 Å². The van der Waals surface area contributed by atoms with E-state index in [1.807, 2.05) is 11.8 Å². The van der Waals surface area contributed by atoms with E-state index in [4.69, 9.17) is 5.73 Å². The van der Waals surface area contributed by atoms with E-state index >= 15 is 0 Å². The third kappa shape index (κ3) is 3.44. The molecule has 1 saturated carbocycles. The summed E-state index contributed by atoms with van der Waals surface area (Å²) in [5.74, 6) is 3.26. The highest BCUT2D eigenvalue weighted by atomic mass is 32.2. The van der Waals surface area contributed by atoms with Crippen LogP contribution in [0.15, 0.2) is 0 Å². The Hall–Kier alpha value is 0.270. The van der Waals surface area contributed by atoms with E-state index in [1.54, 1.807) is 0 Å². The molecular formula is C11H24N2S. The van der Waals surface area contributed by atoms with Gasteiger partial charge in [0.1, 0.15) is 0 Å². The Bertz CT molecular complexity index is 152. The van der Waals surface area contributed by atoms with Gasteiger partial charge in [0, 0.05) is 18.3 Å². The molecule has 2 atom stereocenters. The van der Waals surface area contributed by atoms with Crippen molar-refractivity contribution < 1.29 is 0 Å². The Morgan fingerprint density at radius 3 is 2.86 bits per heavy atom. The van der Waals surface area contributed by atoms with E-state index in [9.17, 15) is 0 Å². The summed E-state index contributed by atoms with van der Waals surface area (Å²) in [6, 6.07) is 0.762. The van der Waals surface area contributed by atoms with Crippen LogP contribution in [0.2, 0.25) is 0 Å². The second kappa shape index (κ2) is 6.70. The molecule has 14 heavy (non-hydrogen) atoms. The Labute approximate surface area is 92.6 Å². The number of nitrogens with two attached hydrogens (primary N) is 1. The zero-order valence-corrected chi connectivity index (χ0v) is 10.4. The first kappa shape index (κ1) is 12.3. The van der Waals surface area contributed by atoms with E-state index in [2.05, 4.69) is 18.9 Å². The van der Waals surface area contributed by atoms with Crippen molar-refractivity contribution in [1.29, 1.82) is 0 Å². The molecule has 0 aliphatic heterocycles. The minimum absolute atomic E-state index is 0.756. The maximum Gasteiger partial charge on any atom is 0.0133 e. The van der Waals surface area contributed by atoms with Crippen LogP contribution in [-0.4, -0.2) is 42.6 Å². The van der Waals surface area contributed by atoms with Gasteiger partial charge in [-0.15, -0.1) is 0 Å². The zero-order chi connectivity index (χ0) is 10.4. The summed E-state index contributed by atoms with van der Waals surface area (Å²) in [7, 11) is 2.26. The summed E-state index contributed by atoms with van der Waals surface area (Å²) in [5.41, 5.74) is 5.78. The molecule has 1 aliphatic rings. The quantitative estimate of drug-likeness (QED) is 0.687. The molecule has 1 aliphatic carbocycles. The fourth-order valence-corrected chi connectivity index (χ4v) is 3.10. The predicted molar refractivity (Wildman–Crippen MR) is 65.8 cm³/mol. The molecule has 0 aromatic rings. The predicted octanol–water partition coefficient (Wildman–Crippen LogP) is 1.80. The van der Waals surface area contributed by atoms with Crippen LogP contribution in [0.1, 0.15) is 26.2 Å². The Balaban J connectivity index is 2.24. The fraction of sp³-hybridized carbons (Fsp3) is 1.00. The van der Waals surface area contributed by atoms with Crippen molar-refractivity contribution in [2.45, 2.75) is 32.2 Å². The van der Waals surface area contributed by atoms with Crippen LogP contribution in [0.5, 0.6) is 0 Å². The molecule has 0 aromatic heterocycles. The van der Waals surface area contributed by atoms with Gasteiger partial charge in [0.2, 0.25) is 0 Å². The second-order valence-electron chi connectivity index (χ2n) is 4.17. The summed E-state index contributed by atoms with van der Waals surface area (Å²) in [4.78, 5) is 2.52. The highest BCUT2D eigenvalue weighted by molar-refractivity contribution is 7.99. The lowest BCUT2D eigenvalue weighted by Crippen LogP contribution is -2.38. The second-order valence-corrected chi connectivity index (χ2v) is 5.57. The fourth-order valence-electron chi connectivity index (χ4n) is 2.39. The van der Waals surface area contributed by atoms with Crippen LogP contribution < -0.4 is 5.73 Å². The van der Waals surface area contributed by atoms with Gasteiger partial charge < -0.3 is 10.6 Å². The number of rotatable bonds is 6. The van der Waals surface area contributed by atoms with Crippen LogP contribution in [0.4, 0.5) is 0 Å². The monoisotopic (exact) mass is 216 g/mol. The minimum Gasteiger partial charge on any atom is -0.330 e. The topological polar surface area (TPSA) is 29.3 Å². The molecule has 0 amide bonds. The SMILES string of the molecule is CCSCCN(C)C1CCCC1CN. The molecule has 0 bridgehead atoms. The first-order valence-corrected chi connectivity index (χ1v) is 6.93. The maximum atomic E-state index is 5.78. The first-order chi connectivity index (χ1) is 6.79. The van der Waals surface area contributed by atoms with Crippen LogP contribution in [-0.2, 0) is 0 Å². The molecule has 2 N–H and O–H groups in total. The number of hydrogen-bond acceptors (Lipinski definition) is 3. The van der Waals surface area contributed by atoms with Gasteiger partial charge in [-0.2, -0.15) is 11.8 Å². The summed E-state index contributed by atoms with van der Waals surface area (Å²) in [5, 5.41) is 0. The Morgan fingerprint density at radius 1 is 1.43 bits per heavy atom. The highest BCUT2D eigenvalue weighted by Crippen LogP contribution is 2.28. The van der Waals surface area contributed by atoms with Crippen molar-refractivity contribution in [1.82, 2.24) is 4.90 Å².